The zero-order chi connectivity index (χ0) is 13.1. The highest BCUT2D eigenvalue weighted by Gasteiger charge is 2.07. The number of halogens is 2. The van der Waals surface area contributed by atoms with Crippen molar-refractivity contribution in [1.82, 2.24) is 0 Å². The van der Waals surface area contributed by atoms with E-state index in [0.717, 1.165) is 24.8 Å². The molecule has 0 heterocycles. The fraction of sp³-hybridized carbons (Fsp3) is 0.143. The predicted molar refractivity (Wildman–Crippen MR) is 80.4 cm³/mol. The second-order valence-electron chi connectivity index (χ2n) is 3.92. The van der Waals surface area contributed by atoms with Crippen molar-refractivity contribution >= 4 is 39.3 Å². The first kappa shape index (κ1) is 13.9. The fourth-order valence-electron chi connectivity index (χ4n) is 1.58. The molecule has 4 heteroatoms. The quantitative estimate of drug-likeness (QED) is 0.815. The van der Waals surface area contributed by atoms with Gasteiger partial charge in [-0.15, -0.1) is 0 Å². The summed E-state index contributed by atoms with van der Waals surface area (Å²) in [6, 6.07) is 13.7. The summed E-state index contributed by atoms with van der Waals surface area (Å²) in [5, 5.41) is 10.3. The maximum Gasteiger partial charge on any atom is 0.0772 e. The van der Waals surface area contributed by atoms with Gasteiger partial charge in [-0.2, -0.15) is 0 Å². The summed E-state index contributed by atoms with van der Waals surface area (Å²) in [7, 11) is 0. The largest absolute Gasteiger partial charge is 0.389 e. The maximum atomic E-state index is 9.57. The molecule has 0 aliphatic carbocycles. The normalized spacial score (nSPS) is 12.4. The molecule has 1 nitrogen and oxygen atoms in total. The summed E-state index contributed by atoms with van der Waals surface area (Å²) >= 11 is 11.1. The van der Waals surface area contributed by atoms with Crippen molar-refractivity contribution in [3.05, 3.63) is 57.5 Å². The number of hydrogen-bond acceptors (Lipinski definition) is 2. The van der Waals surface area contributed by atoms with Crippen LogP contribution in [0.15, 0.2) is 56.7 Å². The molecular formula is C14H12BrClOS. The van der Waals surface area contributed by atoms with Crippen LogP contribution in [0.25, 0.3) is 0 Å². The van der Waals surface area contributed by atoms with Crippen LogP contribution in [-0.4, -0.2) is 5.11 Å². The molecule has 0 aromatic heterocycles. The Morgan fingerprint density at radius 1 is 1.17 bits per heavy atom. The number of rotatable bonds is 3. The molecule has 18 heavy (non-hydrogen) atoms. The van der Waals surface area contributed by atoms with E-state index in [1.165, 1.54) is 0 Å². The van der Waals surface area contributed by atoms with Gasteiger partial charge in [-0.05, 0) is 42.8 Å². The second kappa shape index (κ2) is 6.11. The summed E-state index contributed by atoms with van der Waals surface area (Å²) in [4.78, 5) is 2.20. The van der Waals surface area contributed by atoms with E-state index < -0.39 is 6.10 Å². The standard InChI is InChI=1S/C14H12BrClOS/c1-9(17)13-6-5-12(8-14(13)15)18-11-4-2-3-10(16)7-11/h2-9,17H,1H3/t9-/m0/s1. The molecule has 0 amide bonds. The molecule has 0 spiro atoms. The van der Waals surface area contributed by atoms with Crippen molar-refractivity contribution in [3.8, 4) is 0 Å². The number of benzene rings is 2. The molecular weight excluding hydrogens is 332 g/mol. The SMILES string of the molecule is C[C@H](O)c1ccc(Sc2cccc(Cl)c2)cc1Br. The molecule has 0 fully saturated rings. The Bertz CT molecular complexity index is 557. The van der Waals surface area contributed by atoms with E-state index >= 15 is 0 Å². The zero-order valence-corrected chi connectivity index (χ0v) is 12.9. The topological polar surface area (TPSA) is 20.2 Å². The third kappa shape index (κ3) is 3.51. The van der Waals surface area contributed by atoms with Crippen molar-refractivity contribution in [2.45, 2.75) is 22.8 Å². The molecule has 2 aromatic carbocycles. The molecule has 1 atom stereocenters. The van der Waals surface area contributed by atoms with E-state index in [-0.39, 0.29) is 0 Å². The zero-order valence-electron chi connectivity index (χ0n) is 9.73. The van der Waals surface area contributed by atoms with E-state index in [2.05, 4.69) is 15.9 Å². The molecule has 0 radical (unpaired) electrons. The van der Waals surface area contributed by atoms with Crippen molar-refractivity contribution in [2.75, 3.05) is 0 Å². The summed E-state index contributed by atoms with van der Waals surface area (Å²) in [6.07, 6.45) is -0.468. The van der Waals surface area contributed by atoms with Crippen LogP contribution in [0.4, 0.5) is 0 Å². The minimum absolute atomic E-state index is 0.468. The Hall–Kier alpha value is -0.480. The van der Waals surface area contributed by atoms with Gasteiger partial charge >= 0.3 is 0 Å². The van der Waals surface area contributed by atoms with E-state index in [1.807, 2.05) is 42.5 Å². The van der Waals surface area contributed by atoms with E-state index in [1.54, 1.807) is 18.7 Å². The third-order valence-electron chi connectivity index (χ3n) is 2.45. The number of hydrogen-bond donors (Lipinski definition) is 1. The van der Waals surface area contributed by atoms with Crippen LogP contribution >= 0.6 is 39.3 Å². The van der Waals surface area contributed by atoms with Crippen LogP contribution in [0.5, 0.6) is 0 Å². The highest BCUT2D eigenvalue weighted by atomic mass is 79.9. The van der Waals surface area contributed by atoms with Crippen molar-refractivity contribution in [2.24, 2.45) is 0 Å². The smallest absolute Gasteiger partial charge is 0.0772 e. The van der Waals surface area contributed by atoms with Crippen molar-refractivity contribution in [1.29, 1.82) is 0 Å². The average Bonchev–Trinajstić information content (AvgIpc) is 2.28. The van der Waals surface area contributed by atoms with Gasteiger partial charge in [0, 0.05) is 19.3 Å². The van der Waals surface area contributed by atoms with E-state index in [9.17, 15) is 5.11 Å². The van der Waals surface area contributed by atoms with Gasteiger partial charge in [-0.25, -0.2) is 0 Å². The predicted octanol–water partition coefficient (Wildman–Crippen LogP) is 5.31. The molecule has 0 aliphatic heterocycles. The van der Waals surface area contributed by atoms with Gasteiger partial charge < -0.3 is 5.11 Å². The Balaban J connectivity index is 2.23. The van der Waals surface area contributed by atoms with Crippen LogP contribution < -0.4 is 0 Å². The van der Waals surface area contributed by atoms with Gasteiger partial charge in [0.15, 0.2) is 0 Å². The van der Waals surface area contributed by atoms with Gasteiger partial charge in [0.25, 0.3) is 0 Å². The van der Waals surface area contributed by atoms with Crippen LogP contribution in [-0.2, 0) is 0 Å². The van der Waals surface area contributed by atoms with Gasteiger partial charge in [-0.1, -0.05) is 51.4 Å². The van der Waals surface area contributed by atoms with Crippen LogP contribution in [0.2, 0.25) is 5.02 Å². The summed E-state index contributed by atoms with van der Waals surface area (Å²) in [5.74, 6) is 0. The minimum atomic E-state index is -0.468. The van der Waals surface area contributed by atoms with Crippen LogP contribution in [0, 0.1) is 0 Å². The molecule has 1 N–H and O–H groups in total. The molecule has 0 saturated heterocycles. The summed E-state index contributed by atoms with van der Waals surface area (Å²) in [6.45, 7) is 1.75. The maximum absolute atomic E-state index is 9.57. The minimum Gasteiger partial charge on any atom is -0.389 e. The first-order chi connectivity index (χ1) is 8.56. The van der Waals surface area contributed by atoms with Gasteiger partial charge in [-0.3, -0.25) is 0 Å². The molecule has 0 unspecified atom stereocenters. The molecule has 0 bridgehead atoms. The lowest BCUT2D eigenvalue weighted by Gasteiger charge is -2.09. The monoisotopic (exact) mass is 342 g/mol. The first-order valence-electron chi connectivity index (χ1n) is 5.47. The van der Waals surface area contributed by atoms with Gasteiger partial charge in [0.2, 0.25) is 0 Å². The Kier molecular flexibility index (Phi) is 4.73. The van der Waals surface area contributed by atoms with Crippen LogP contribution in [0.1, 0.15) is 18.6 Å². The Morgan fingerprint density at radius 3 is 2.50 bits per heavy atom. The Morgan fingerprint density at radius 2 is 1.89 bits per heavy atom. The van der Waals surface area contributed by atoms with E-state index in [4.69, 9.17) is 11.6 Å². The number of aliphatic hydroxyl groups is 1. The summed E-state index contributed by atoms with van der Waals surface area (Å²) < 4.78 is 0.921. The van der Waals surface area contributed by atoms with E-state index in [0.29, 0.717) is 0 Å². The lowest BCUT2D eigenvalue weighted by molar-refractivity contribution is 0.198. The molecule has 0 saturated carbocycles. The number of aliphatic hydroxyl groups excluding tert-OH is 1. The fourth-order valence-corrected chi connectivity index (χ4v) is 3.61. The molecule has 94 valence electrons. The highest BCUT2D eigenvalue weighted by molar-refractivity contribution is 9.10. The molecule has 2 rings (SSSR count). The van der Waals surface area contributed by atoms with Crippen molar-refractivity contribution < 1.29 is 5.11 Å². The average molecular weight is 344 g/mol. The molecule has 0 aliphatic rings. The van der Waals surface area contributed by atoms with Gasteiger partial charge in [0.1, 0.15) is 0 Å². The Labute approximate surface area is 124 Å². The van der Waals surface area contributed by atoms with Gasteiger partial charge in [0.05, 0.1) is 6.10 Å². The summed E-state index contributed by atoms with van der Waals surface area (Å²) in [5.41, 5.74) is 0.894. The third-order valence-corrected chi connectivity index (χ3v) is 4.35. The molecule has 2 aromatic rings. The highest BCUT2D eigenvalue weighted by Crippen LogP contribution is 2.33. The second-order valence-corrected chi connectivity index (χ2v) is 6.36. The lowest BCUT2D eigenvalue weighted by Crippen LogP contribution is -1.92. The lowest BCUT2D eigenvalue weighted by atomic mass is 10.1. The first-order valence-corrected chi connectivity index (χ1v) is 7.46. The van der Waals surface area contributed by atoms with Crippen molar-refractivity contribution in [3.63, 3.8) is 0 Å². The van der Waals surface area contributed by atoms with Crippen LogP contribution in [0.3, 0.4) is 0 Å².